The second-order valence-corrected chi connectivity index (χ2v) is 5.41. The molecule has 8 N–H and O–H groups in total. The number of nitrogen functional groups attached to an aromatic ring is 2. The molecule has 1 aromatic heterocycles. The van der Waals surface area contributed by atoms with Crippen LogP contribution < -0.4 is 22.5 Å². The standard InChI is InChI=1S/C17H21N7O/c1-9(17(25)22-2)23-8-12-15(20)11-4-3-10(13(19)5-6-18)7-14(11)24-16(12)21/h3-9,18H,19H2,1-2H3,(H,22,25)(H4,20,21,24)/b13-5-,18-6?,23-8?. The Bertz CT molecular complexity index is 886. The molecular formula is C17H21N7O. The van der Waals surface area contributed by atoms with Gasteiger partial charge in [-0.05, 0) is 24.6 Å². The third kappa shape index (κ3) is 3.74. The quantitative estimate of drug-likeness (QED) is 0.512. The Labute approximate surface area is 145 Å². The van der Waals surface area contributed by atoms with Gasteiger partial charge >= 0.3 is 0 Å². The van der Waals surface area contributed by atoms with Gasteiger partial charge in [-0.2, -0.15) is 0 Å². The summed E-state index contributed by atoms with van der Waals surface area (Å²) in [5.41, 5.74) is 20.7. The number of carbonyl (C=O) groups excluding carboxylic acids is 1. The molecule has 130 valence electrons. The second-order valence-electron chi connectivity index (χ2n) is 5.41. The molecule has 0 aliphatic rings. The number of anilines is 2. The van der Waals surface area contributed by atoms with Gasteiger partial charge in [0.1, 0.15) is 11.9 Å². The number of hydrogen-bond donors (Lipinski definition) is 5. The molecule has 1 aromatic carbocycles. The molecule has 0 fully saturated rings. The van der Waals surface area contributed by atoms with E-state index in [9.17, 15) is 4.79 Å². The summed E-state index contributed by atoms with van der Waals surface area (Å²) in [6, 6.07) is 4.77. The van der Waals surface area contributed by atoms with Crippen molar-refractivity contribution in [1.29, 1.82) is 5.41 Å². The lowest BCUT2D eigenvalue weighted by Gasteiger charge is -2.11. The SMILES string of the molecule is CNC(=O)C(C)N=Cc1c(N)nc2cc(/C(N)=C/C=N)ccc2c1N. The summed E-state index contributed by atoms with van der Waals surface area (Å²) in [5, 5.41) is 10.3. The number of nitrogens with one attached hydrogen (secondary N) is 2. The number of nitrogens with two attached hydrogens (primary N) is 3. The van der Waals surface area contributed by atoms with E-state index >= 15 is 0 Å². The van der Waals surface area contributed by atoms with Crippen LogP contribution in [0.5, 0.6) is 0 Å². The van der Waals surface area contributed by atoms with Crippen LogP contribution in [0.1, 0.15) is 18.1 Å². The summed E-state index contributed by atoms with van der Waals surface area (Å²) >= 11 is 0. The van der Waals surface area contributed by atoms with Crippen LogP contribution in [0.2, 0.25) is 0 Å². The Hall–Kier alpha value is -3.42. The highest BCUT2D eigenvalue weighted by Crippen LogP contribution is 2.28. The van der Waals surface area contributed by atoms with Crippen LogP contribution in [0.15, 0.2) is 29.3 Å². The lowest BCUT2D eigenvalue weighted by atomic mass is 10.0. The number of aromatic nitrogens is 1. The van der Waals surface area contributed by atoms with Crippen LogP contribution in [0.3, 0.4) is 0 Å². The first-order chi connectivity index (χ1) is 11.9. The van der Waals surface area contributed by atoms with Gasteiger partial charge in [0.2, 0.25) is 5.91 Å². The van der Waals surface area contributed by atoms with Gasteiger partial charge in [-0.15, -0.1) is 0 Å². The van der Waals surface area contributed by atoms with Crippen molar-refractivity contribution in [2.75, 3.05) is 18.5 Å². The van der Waals surface area contributed by atoms with E-state index in [1.165, 1.54) is 12.3 Å². The highest BCUT2D eigenvalue weighted by Gasteiger charge is 2.12. The molecule has 2 rings (SSSR count). The van der Waals surface area contributed by atoms with Gasteiger partial charge in [0.25, 0.3) is 0 Å². The third-order valence-corrected chi connectivity index (χ3v) is 3.74. The van der Waals surface area contributed by atoms with Gasteiger partial charge in [0.05, 0.1) is 16.8 Å². The van der Waals surface area contributed by atoms with Gasteiger partial charge in [-0.1, -0.05) is 12.1 Å². The molecule has 0 aliphatic carbocycles. The summed E-state index contributed by atoms with van der Waals surface area (Å²) in [6.07, 6.45) is 4.06. The topological polar surface area (TPSA) is 156 Å². The van der Waals surface area contributed by atoms with E-state index in [1.807, 2.05) is 0 Å². The lowest BCUT2D eigenvalue weighted by molar-refractivity contribution is -0.121. The van der Waals surface area contributed by atoms with Crippen molar-refractivity contribution < 1.29 is 4.79 Å². The maximum absolute atomic E-state index is 11.5. The van der Waals surface area contributed by atoms with Crippen LogP contribution in [0.4, 0.5) is 11.5 Å². The minimum atomic E-state index is -0.562. The number of hydrogen-bond acceptors (Lipinski definition) is 7. The second kappa shape index (κ2) is 7.43. The summed E-state index contributed by atoms with van der Waals surface area (Å²) in [5.74, 6) is 0.00450. The predicted octanol–water partition coefficient (Wildman–Crippen LogP) is 0.902. The first-order valence-corrected chi connectivity index (χ1v) is 7.59. The molecule has 0 spiro atoms. The molecule has 0 saturated heterocycles. The van der Waals surface area contributed by atoms with Gasteiger partial charge in [0.15, 0.2) is 0 Å². The van der Waals surface area contributed by atoms with Crippen molar-refractivity contribution in [3.05, 3.63) is 35.4 Å². The third-order valence-electron chi connectivity index (χ3n) is 3.74. The van der Waals surface area contributed by atoms with Crippen molar-refractivity contribution in [2.24, 2.45) is 10.7 Å². The van der Waals surface area contributed by atoms with Crippen LogP contribution in [0.25, 0.3) is 16.6 Å². The number of benzene rings is 1. The average molecular weight is 339 g/mol. The number of amides is 1. The van der Waals surface area contributed by atoms with Crippen LogP contribution in [-0.4, -0.2) is 36.4 Å². The van der Waals surface area contributed by atoms with Gasteiger partial charge < -0.3 is 27.9 Å². The first-order valence-electron chi connectivity index (χ1n) is 7.59. The number of nitrogens with zero attached hydrogens (tertiary/aromatic N) is 2. The minimum Gasteiger partial charge on any atom is -0.398 e. The number of carbonyl (C=O) groups is 1. The van der Waals surface area contributed by atoms with Crippen LogP contribution in [0, 0.1) is 5.41 Å². The molecule has 8 nitrogen and oxygen atoms in total. The zero-order chi connectivity index (χ0) is 18.6. The molecule has 0 radical (unpaired) electrons. The maximum atomic E-state index is 11.5. The van der Waals surface area contributed by atoms with E-state index in [2.05, 4.69) is 15.3 Å². The molecule has 1 atom stereocenters. The molecule has 0 bridgehead atoms. The van der Waals surface area contributed by atoms with Gasteiger partial charge in [0, 0.05) is 30.6 Å². The monoisotopic (exact) mass is 339 g/mol. The number of aliphatic imine (C=N–C) groups is 1. The highest BCUT2D eigenvalue weighted by atomic mass is 16.2. The van der Waals surface area contributed by atoms with E-state index in [-0.39, 0.29) is 11.7 Å². The number of likely N-dealkylation sites (N-methyl/N-ethyl adjacent to an activating group) is 1. The fourth-order valence-electron chi connectivity index (χ4n) is 2.29. The molecule has 2 aromatic rings. The van der Waals surface area contributed by atoms with E-state index in [0.29, 0.717) is 27.9 Å². The van der Waals surface area contributed by atoms with Gasteiger partial charge in [-0.25, -0.2) is 4.98 Å². The summed E-state index contributed by atoms with van der Waals surface area (Å²) in [4.78, 5) is 20.1. The van der Waals surface area contributed by atoms with E-state index in [1.54, 1.807) is 32.2 Å². The maximum Gasteiger partial charge on any atom is 0.244 e. The minimum absolute atomic E-state index is 0.208. The fraction of sp³-hybridized carbons (Fsp3) is 0.176. The molecule has 25 heavy (non-hydrogen) atoms. The Kier molecular flexibility index (Phi) is 5.33. The van der Waals surface area contributed by atoms with E-state index in [0.717, 1.165) is 11.8 Å². The Morgan fingerprint density at radius 3 is 2.76 bits per heavy atom. The number of allylic oxidation sites excluding steroid dienone is 1. The molecule has 1 unspecified atom stereocenters. The molecule has 0 aliphatic heterocycles. The first kappa shape index (κ1) is 17.9. The zero-order valence-corrected chi connectivity index (χ0v) is 14.1. The highest BCUT2D eigenvalue weighted by molar-refractivity contribution is 6.05. The van der Waals surface area contributed by atoms with Crippen LogP contribution >= 0.6 is 0 Å². The Balaban J connectivity index is 2.50. The summed E-state index contributed by atoms with van der Waals surface area (Å²) in [7, 11) is 1.55. The van der Waals surface area contributed by atoms with Crippen molar-refractivity contribution in [2.45, 2.75) is 13.0 Å². The fourth-order valence-corrected chi connectivity index (χ4v) is 2.29. The lowest BCUT2D eigenvalue weighted by Crippen LogP contribution is -2.28. The van der Waals surface area contributed by atoms with Crippen molar-refractivity contribution in [3.63, 3.8) is 0 Å². The van der Waals surface area contributed by atoms with Crippen molar-refractivity contribution in [3.8, 4) is 0 Å². The predicted molar refractivity (Wildman–Crippen MR) is 103 cm³/mol. The molecule has 0 saturated carbocycles. The number of rotatable bonds is 5. The van der Waals surface area contributed by atoms with E-state index < -0.39 is 6.04 Å². The average Bonchev–Trinajstić information content (AvgIpc) is 2.60. The van der Waals surface area contributed by atoms with E-state index in [4.69, 9.17) is 22.6 Å². The molecular weight excluding hydrogens is 318 g/mol. The van der Waals surface area contributed by atoms with Gasteiger partial charge in [-0.3, -0.25) is 9.79 Å². The van der Waals surface area contributed by atoms with Crippen molar-refractivity contribution in [1.82, 2.24) is 10.3 Å². The van der Waals surface area contributed by atoms with Crippen molar-refractivity contribution >= 4 is 46.4 Å². The Morgan fingerprint density at radius 1 is 1.40 bits per heavy atom. The van der Waals surface area contributed by atoms with Crippen LogP contribution in [-0.2, 0) is 4.79 Å². The summed E-state index contributed by atoms with van der Waals surface area (Å²) in [6.45, 7) is 1.67. The largest absolute Gasteiger partial charge is 0.398 e. The number of pyridine rings is 1. The Morgan fingerprint density at radius 2 is 2.12 bits per heavy atom. The zero-order valence-electron chi connectivity index (χ0n) is 14.1. The smallest absolute Gasteiger partial charge is 0.244 e. The normalized spacial score (nSPS) is 13.1. The molecule has 8 heteroatoms. The molecule has 1 heterocycles. The molecule has 1 amide bonds. The summed E-state index contributed by atoms with van der Waals surface area (Å²) < 4.78 is 0. The number of fused-ring (bicyclic) bond motifs is 1.